The number of benzene rings is 3. The van der Waals surface area contributed by atoms with E-state index in [1.807, 2.05) is 42.5 Å². The molecule has 2 unspecified atom stereocenters. The second kappa shape index (κ2) is 24.3. The molecular weight excluding hydrogens is 1060 g/mol. The van der Waals surface area contributed by atoms with E-state index in [1.54, 1.807) is 11.9 Å². The number of nitrogens with zero attached hydrogens (tertiary/aromatic N) is 4. The number of fused-ring (bicyclic) bond motifs is 3. The van der Waals surface area contributed by atoms with Gasteiger partial charge in [-0.15, -0.1) is 0 Å². The first-order chi connectivity index (χ1) is 38.5. The van der Waals surface area contributed by atoms with Crippen LogP contribution in [0.1, 0.15) is 140 Å². The van der Waals surface area contributed by atoms with Gasteiger partial charge in [0.15, 0.2) is 0 Å². The lowest BCUT2D eigenvalue weighted by atomic mass is 9.79. The van der Waals surface area contributed by atoms with Crippen LogP contribution < -0.4 is 32.7 Å². The maximum atomic E-state index is 15.1. The average Bonchev–Trinajstić information content (AvgIpc) is 4.26. The smallest absolute Gasteiger partial charge is 0.374 e. The van der Waals surface area contributed by atoms with Gasteiger partial charge in [0.25, 0.3) is 11.4 Å². The van der Waals surface area contributed by atoms with Crippen molar-refractivity contribution in [2.75, 3.05) is 13.1 Å². The molecule has 81 heavy (non-hydrogen) atoms. The van der Waals surface area contributed by atoms with Gasteiger partial charge >= 0.3 is 13.3 Å². The second-order valence-electron chi connectivity index (χ2n) is 22.5. The predicted molar refractivity (Wildman–Crippen MR) is 297 cm³/mol. The number of aromatic nitrogens is 3. The van der Waals surface area contributed by atoms with Gasteiger partial charge < -0.3 is 56.7 Å². The van der Waals surface area contributed by atoms with Crippen LogP contribution in [0.15, 0.2) is 71.5 Å². The Labute approximate surface area is 466 Å². The number of aryl methyl sites for hydroxylation is 2. The highest BCUT2D eigenvalue weighted by Gasteiger charge is 2.47. The molecule has 7 amide bonds. The summed E-state index contributed by atoms with van der Waals surface area (Å²) in [5.74, 6) is -3.58. The number of carbonyl (C=O) groups excluding carboxylic acids is 8. The number of hydrogen-bond donors (Lipinski definition) is 9. The zero-order valence-electron chi connectivity index (χ0n) is 45.6. The SMILES string of the molecule is CC(C)c1ccc(CNC(=O)[C@H](CCC(N)=O)NC(=O)[C@@H]2CC[C@@H]3CCN(C(=O)[C@H]4CC[C@@H](CCc5ccc6c(c5)n(C)c(=O)n6C5CCC(O)NC5=O)CC4)C[C@H](NC(=O)c4cc5cc(C(=O)P(=O)(O)O)ccc5[nH]4)C(=O)N32)cc1. The van der Waals surface area contributed by atoms with Gasteiger partial charge in [0.1, 0.15) is 36.1 Å². The summed E-state index contributed by atoms with van der Waals surface area (Å²) in [5, 5.41) is 21.2. The fourth-order valence-corrected chi connectivity index (χ4v) is 12.6. The van der Waals surface area contributed by atoms with Crippen LogP contribution in [-0.4, -0.2) is 129 Å². The number of primary amides is 1. The Kier molecular flexibility index (Phi) is 17.5. The molecule has 23 nitrogen and oxygen atoms in total. The maximum Gasteiger partial charge on any atom is 0.396 e. The van der Waals surface area contributed by atoms with Crippen molar-refractivity contribution >= 4 is 76.4 Å². The first-order valence-corrected chi connectivity index (χ1v) is 29.4. The van der Waals surface area contributed by atoms with Crippen molar-refractivity contribution in [1.29, 1.82) is 0 Å². The van der Waals surface area contributed by atoms with Crippen molar-refractivity contribution in [3.8, 4) is 0 Å². The fourth-order valence-electron chi connectivity index (χ4n) is 12.1. The van der Waals surface area contributed by atoms with E-state index in [1.165, 1.54) is 38.3 Å². The topological polar surface area (TPSA) is 338 Å². The van der Waals surface area contributed by atoms with Crippen LogP contribution in [0.2, 0.25) is 0 Å². The lowest BCUT2D eigenvalue weighted by Crippen LogP contribution is -2.62. The second-order valence-corrected chi connectivity index (χ2v) is 24.0. The van der Waals surface area contributed by atoms with Gasteiger partial charge in [-0.25, -0.2) is 4.79 Å². The van der Waals surface area contributed by atoms with Crippen LogP contribution >= 0.6 is 7.60 Å². The van der Waals surface area contributed by atoms with E-state index in [0.29, 0.717) is 66.9 Å². The van der Waals surface area contributed by atoms with E-state index < -0.39 is 85.0 Å². The monoisotopic (exact) mass is 1130 g/mol. The fraction of sp³-hybridized carbons (Fsp3) is 0.491. The van der Waals surface area contributed by atoms with Gasteiger partial charge in [0.05, 0.1) is 11.0 Å². The van der Waals surface area contributed by atoms with Crippen LogP contribution in [0.25, 0.3) is 21.9 Å². The van der Waals surface area contributed by atoms with Gasteiger partial charge in [-0.05, 0) is 142 Å². The number of aliphatic hydroxyl groups is 1. The largest absolute Gasteiger partial charge is 0.396 e. The van der Waals surface area contributed by atoms with Crippen molar-refractivity contribution in [3.63, 3.8) is 0 Å². The van der Waals surface area contributed by atoms with Gasteiger partial charge in [0.2, 0.25) is 35.4 Å². The third-order valence-electron chi connectivity index (χ3n) is 16.7. The molecule has 0 radical (unpaired) electrons. The quantitative estimate of drug-likeness (QED) is 0.0570. The Morgan fingerprint density at radius 3 is 2.26 bits per heavy atom. The number of nitrogens with one attached hydrogen (secondary N) is 5. The normalized spacial score (nSPS) is 22.9. The summed E-state index contributed by atoms with van der Waals surface area (Å²) in [6.45, 7) is 4.26. The number of carbonyl (C=O) groups is 8. The summed E-state index contributed by atoms with van der Waals surface area (Å²) < 4.78 is 14.8. The molecule has 1 saturated carbocycles. The summed E-state index contributed by atoms with van der Waals surface area (Å²) >= 11 is 0. The number of rotatable bonds is 18. The molecular formula is C57H71N10O13P. The minimum Gasteiger partial charge on any atom is -0.374 e. The molecule has 24 heteroatoms. The molecule has 432 valence electrons. The molecule has 3 aromatic carbocycles. The molecule has 10 N–H and O–H groups in total. The highest BCUT2D eigenvalue weighted by molar-refractivity contribution is 7.70. The number of amides is 7. The van der Waals surface area contributed by atoms with Crippen LogP contribution in [0.5, 0.6) is 0 Å². The van der Waals surface area contributed by atoms with Crippen molar-refractivity contribution in [3.05, 3.63) is 105 Å². The molecule has 1 aliphatic carbocycles. The molecule has 0 bridgehead atoms. The molecule has 0 spiro atoms. The number of aromatic amines is 1. The maximum absolute atomic E-state index is 15.1. The van der Waals surface area contributed by atoms with E-state index >= 15 is 4.79 Å². The van der Waals surface area contributed by atoms with Gasteiger partial charge in [-0.3, -0.25) is 52.1 Å². The van der Waals surface area contributed by atoms with Crippen LogP contribution in [0.4, 0.5) is 0 Å². The van der Waals surface area contributed by atoms with Gasteiger partial charge in [-0.1, -0.05) is 44.2 Å². The van der Waals surface area contributed by atoms with Crippen LogP contribution in [0.3, 0.4) is 0 Å². The summed E-state index contributed by atoms with van der Waals surface area (Å²) in [6, 6.07) is 13.8. The first-order valence-electron chi connectivity index (χ1n) is 27.8. The van der Waals surface area contributed by atoms with Crippen molar-refractivity contribution in [2.45, 2.75) is 146 Å². The van der Waals surface area contributed by atoms with Gasteiger partial charge in [0, 0.05) is 61.5 Å². The van der Waals surface area contributed by atoms with E-state index in [0.717, 1.165) is 42.4 Å². The number of piperidine rings is 1. The summed E-state index contributed by atoms with van der Waals surface area (Å²) in [7, 11) is -3.45. The summed E-state index contributed by atoms with van der Waals surface area (Å²) in [6.07, 6.45) is 4.59. The van der Waals surface area contributed by atoms with Crippen molar-refractivity contribution < 1.29 is 57.8 Å². The highest BCUT2D eigenvalue weighted by Crippen LogP contribution is 2.40. The number of imidazole rings is 1. The average molecular weight is 1140 g/mol. The molecule has 5 aromatic rings. The molecule has 6 atom stereocenters. The molecule has 5 heterocycles. The molecule has 3 aliphatic heterocycles. The minimum atomic E-state index is -5.12. The van der Waals surface area contributed by atoms with Crippen molar-refractivity contribution in [2.24, 2.45) is 24.6 Å². The molecule has 3 saturated heterocycles. The zero-order valence-corrected chi connectivity index (χ0v) is 46.5. The van der Waals surface area contributed by atoms with Crippen LogP contribution in [0, 0.1) is 11.8 Å². The van der Waals surface area contributed by atoms with Crippen molar-refractivity contribution in [1.82, 2.24) is 45.2 Å². The molecule has 4 fully saturated rings. The minimum absolute atomic E-state index is 0.0550. The van der Waals surface area contributed by atoms with Crippen LogP contribution in [-0.2, 0) is 53.3 Å². The predicted octanol–water partition coefficient (Wildman–Crippen LogP) is 3.23. The number of hydrogen-bond acceptors (Lipinski definition) is 11. The Morgan fingerprint density at radius 1 is 0.840 bits per heavy atom. The standard InChI is InChI=1S/C57H71N10O13P/c1-31(2)35-11-8-34(9-12-35)29-59-50(70)41(18-22-48(58)68)61-52(72)45-20-16-39-24-25-65(30-43(55(75)66(39)45)62-51(71)42-28-38-27-37(15-17-40(38)60-42)56(76)81(78,79)80)54(74)36-13-6-32(7-14-36)4-5-33-10-19-44-47(26-33)64(3)57(77)67(44)46-21-23-49(69)63-53(46)73/h8-12,15,17,19,26-28,31-32,36,39,41,43,45-46,49,60,69H,4-7,13-14,16,18,20-25,29-30H2,1-3H3,(H2,58,68)(H,59,70)(H,61,72)(H,62,71)(H,63,73)(H2,78,79,80)/t32-,36+,39-,41+,43+,45+,46?,49?/m1/s1. The number of H-pyrrole nitrogens is 1. The molecule has 9 rings (SSSR count). The van der Waals surface area contributed by atoms with Gasteiger partial charge in [-0.2, -0.15) is 0 Å². The Morgan fingerprint density at radius 2 is 1.57 bits per heavy atom. The van der Waals surface area contributed by atoms with E-state index in [9.17, 15) is 57.8 Å². The Hall–Kier alpha value is -7.46. The number of aliphatic hydroxyl groups excluding tert-OH is 1. The lowest BCUT2D eigenvalue weighted by Gasteiger charge is -2.40. The highest BCUT2D eigenvalue weighted by atomic mass is 31.2. The van der Waals surface area contributed by atoms with E-state index in [2.05, 4.69) is 40.1 Å². The number of nitrogens with two attached hydrogens (primary N) is 1. The molecule has 2 aromatic heterocycles. The molecule has 4 aliphatic rings. The third kappa shape index (κ3) is 13.0. The van der Waals surface area contributed by atoms with E-state index in [4.69, 9.17) is 5.73 Å². The Bertz CT molecular complexity index is 3370. The third-order valence-corrected chi connectivity index (χ3v) is 17.5. The Balaban J connectivity index is 0.890. The zero-order chi connectivity index (χ0) is 58.0. The summed E-state index contributed by atoms with van der Waals surface area (Å²) in [5.41, 5.74) is 8.11. The van der Waals surface area contributed by atoms with E-state index in [-0.39, 0.29) is 73.1 Å². The lowest BCUT2D eigenvalue weighted by molar-refractivity contribution is -0.147. The first kappa shape index (κ1) is 58.2. The summed E-state index contributed by atoms with van der Waals surface area (Å²) in [4.78, 5) is 148.